The van der Waals surface area contributed by atoms with Gasteiger partial charge in [0.15, 0.2) is 0 Å². The van der Waals surface area contributed by atoms with E-state index in [0.29, 0.717) is 19.6 Å². The molecule has 0 spiro atoms. The van der Waals surface area contributed by atoms with Gasteiger partial charge in [-0.15, -0.1) is 0 Å². The van der Waals surface area contributed by atoms with Gasteiger partial charge in [0, 0.05) is 45.7 Å². The summed E-state index contributed by atoms with van der Waals surface area (Å²) in [7, 11) is -0.238. The van der Waals surface area contributed by atoms with Crippen LogP contribution in [0.25, 0.3) is 0 Å². The summed E-state index contributed by atoms with van der Waals surface area (Å²) in [6, 6.07) is 10.2. The molecular weight excluding hydrogens is 374 g/mol. The average Bonchev–Trinajstić information content (AvgIpc) is 2.83. The van der Waals surface area contributed by atoms with Crippen molar-refractivity contribution in [1.29, 1.82) is 0 Å². The van der Waals surface area contributed by atoms with Crippen molar-refractivity contribution in [3.05, 3.63) is 35.9 Å². The van der Waals surface area contributed by atoms with Crippen molar-refractivity contribution in [1.82, 2.24) is 13.5 Å². The van der Waals surface area contributed by atoms with E-state index in [4.69, 9.17) is 0 Å². The second-order valence-electron chi connectivity index (χ2n) is 8.55. The Morgan fingerprint density at radius 3 is 2.32 bits per heavy atom. The first-order valence-corrected chi connectivity index (χ1v) is 11.7. The van der Waals surface area contributed by atoms with E-state index in [1.807, 2.05) is 23.1 Å². The van der Waals surface area contributed by atoms with Crippen LogP contribution in [-0.4, -0.2) is 61.6 Å². The lowest BCUT2D eigenvalue weighted by Crippen LogP contribution is -2.50. The molecule has 1 aromatic carbocycles. The van der Waals surface area contributed by atoms with E-state index >= 15 is 0 Å². The van der Waals surface area contributed by atoms with Crippen molar-refractivity contribution in [3.8, 4) is 0 Å². The van der Waals surface area contributed by atoms with Crippen LogP contribution in [0.1, 0.15) is 44.6 Å². The van der Waals surface area contributed by atoms with Crippen molar-refractivity contribution >= 4 is 16.1 Å². The molecule has 0 radical (unpaired) electrons. The summed E-state index contributed by atoms with van der Waals surface area (Å²) in [4.78, 5) is 15.6. The first-order chi connectivity index (χ1) is 13.2. The number of likely N-dealkylation sites (tertiary alicyclic amines) is 1. The second kappa shape index (κ2) is 8.51. The minimum atomic E-state index is -3.37. The quantitative estimate of drug-likeness (QED) is 0.754. The summed E-state index contributed by atoms with van der Waals surface area (Å²) in [5, 5.41) is 0. The Kier molecular flexibility index (Phi) is 6.47. The molecule has 2 fully saturated rings. The predicted octanol–water partition coefficient (Wildman–Crippen LogP) is 2.72. The van der Waals surface area contributed by atoms with Crippen LogP contribution < -0.4 is 0 Å². The number of rotatable bonds is 5. The molecule has 1 atom stereocenters. The van der Waals surface area contributed by atoms with Crippen molar-refractivity contribution < 1.29 is 13.2 Å². The summed E-state index contributed by atoms with van der Waals surface area (Å²) in [6.45, 7) is 4.55. The lowest BCUT2D eigenvalue weighted by atomic mass is 9.69. The number of benzene rings is 1. The molecule has 6 nitrogen and oxygen atoms in total. The smallest absolute Gasteiger partial charge is 0.281 e. The summed E-state index contributed by atoms with van der Waals surface area (Å²) >= 11 is 0. The SMILES string of the molecule is CN(C)S(=O)(=O)N1CCC([C@@]2(C)CCCCN(Cc3ccccc3)C2=O)CC1. The highest BCUT2D eigenvalue weighted by Crippen LogP contribution is 2.43. The molecule has 0 aliphatic carbocycles. The summed E-state index contributed by atoms with van der Waals surface area (Å²) in [6.07, 6.45) is 4.46. The summed E-state index contributed by atoms with van der Waals surface area (Å²) < 4.78 is 27.6. The normalized spacial score (nSPS) is 25.9. The summed E-state index contributed by atoms with van der Waals surface area (Å²) in [5.74, 6) is 0.466. The topological polar surface area (TPSA) is 60.9 Å². The van der Waals surface area contributed by atoms with E-state index in [-0.39, 0.29) is 11.8 Å². The highest BCUT2D eigenvalue weighted by atomic mass is 32.2. The molecule has 1 amide bonds. The van der Waals surface area contributed by atoms with Gasteiger partial charge in [0.1, 0.15) is 0 Å². The molecule has 0 unspecified atom stereocenters. The van der Waals surface area contributed by atoms with E-state index in [1.165, 1.54) is 4.31 Å². The highest BCUT2D eigenvalue weighted by molar-refractivity contribution is 7.86. The Hall–Kier alpha value is -1.44. The Balaban J connectivity index is 1.72. The van der Waals surface area contributed by atoms with Crippen molar-refractivity contribution in [2.45, 2.75) is 45.6 Å². The van der Waals surface area contributed by atoms with Gasteiger partial charge in [0.2, 0.25) is 5.91 Å². The largest absolute Gasteiger partial charge is 0.338 e. The fourth-order valence-electron chi connectivity index (χ4n) is 4.65. The zero-order valence-electron chi connectivity index (χ0n) is 17.3. The maximum atomic E-state index is 13.5. The Morgan fingerprint density at radius 1 is 1.07 bits per heavy atom. The van der Waals surface area contributed by atoms with Crippen LogP contribution >= 0.6 is 0 Å². The lowest BCUT2D eigenvalue weighted by Gasteiger charge is -2.42. The van der Waals surface area contributed by atoms with E-state index in [1.54, 1.807) is 18.4 Å². The number of hydrogen-bond acceptors (Lipinski definition) is 3. The van der Waals surface area contributed by atoms with Crippen molar-refractivity contribution in [2.75, 3.05) is 33.7 Å². The number of amides is 1. The van der Waals surface area contributed by atoms with Crippen LogP contribution in [0.15, 0.2) is 30.3 Å². The zero-order chi connectivity index (χ0) is 20.4. The second-order valence-corrected chi connectivity index (χ2v) is 10.7. The van der Waals surface area contributed by atoms with Crippen molar-refractivity contribution in [2.24, 2.45) is 11.3 Å². The van der Waals surface area contributed by atoms with E-state index < -0.39 is 15.6 Å². The molecule has 2 heterocycles. The number of nitrogens with zero attached hydrogens (tertiary/aromatic N) is 3. The molecule has 2 aliphatic rings. The van der Waals surface area contributed by atoms with Gasteiger partial charge in [-0.25, -0.2) is 0 Å². The third-order valence-electron chi connectivity index (χ3n) is 6.51. The monoisotopic (exact) mass is 407 g/mol. The predicted molar refractivity (Wildman–Crippen MR) is 111 cm³/mol. The molecule has 0 aromatic heterocycles. The zero-order valence-corrected chi connectivity index (χ0v) is 18.1. The molecule has 156 valence electrons. The molecule has 2 saturated heterocycles. The van der Waals surface area contributed by atoms with Crippen LogP contribution in [0.2, 0.25) is 0 Å². The van der Waals surface area contributed by atoms with Gasteiger partial charge < -0.3 is 4.90 Å². The van der Waals surface area contributed by atoms with Gasteiger partial charge >= 0.3 is 0 Å². The molecule has 3 rings (SSSR count). The third-order valence-corrected chi connectivity index (χ3v) is 8.45. The van der Waals surface area contributed by atoms with Gasteiger partial charge in [-0.1, -0.05) is 43.7 Å². The maximum Gasteiger partial charge on any atom is 0.281 e. The minimum Gasteiger partial charge on any atom is -0.338 e. The molecular formula is C21H33N3O3S. The Bertz CT molecular complexity index is 773. The molecule has 0 bridgehead atoms. The fraction of sp³-hybridized carbons (Fsp3) is 0.667. The number of hydrogen-bond donors (Lipinski definition) is 0. The van der Waals surface area contributed by atoms with Crippen LogP contribution in [-0.2, 0) is 21.5 Å². The van der Waals surface area contributed by atoms with E-state index in [0.717, 1.165) is 44.2 Å². The number of carbonyl (C=O) groups excluding carboxylic acids is 1. The molecule has 1 aromatic rings. The molecule has 2 aliphatic heterocycles. The lowest BCUT2D eigenvalue weighted by molar-refractivity contribution is -0.145. The van der Waals surface area contributed by atoms with Gasteiger partial charge in [0.25, 0.3) is 10.2 Å². The molecule has 28 heavy (non-hydrogen) atoms. The van der Waals surface area contributed by atoms with E-state index in [2.05, 4.69) is 19.1 Å². The van der Waals surface area contributed by atoms with Crippen LogP contribution in [0.4, 0.5) is 0 Å². The van der Waals surface area contributed by atoms with Gasteiger partial charge in [0.05, 0.1) is 0 Å². The number of carbonyl (C=O) groups is 1. The fourth-order valence-corrected chi connectivity index (χ4v) is 5.79. The first-order valence-electron chi connectivity index (χ1n) is 10.3. The van der Waals surface area contributed by atoms with Crippen LogP contribution in [0, 0.1) is 11.3 Å². The number of piperidine rings is 1. The minimum absolute atomic E-state index is 0.227. The van der Waals surface area contributed by atoms with Crippen LogP contribution in [0.3, 0.4) is 0 Å². The Morgan fingerprint density at radius 2 is 1.71 bits per heavy atom. The Labute approximate surface area is 169 Å². The highest BCUT2D eigenvalue weighted by Gasteiger charge is 2.46. The van der Waals surface area contributed by atoms with Gasteiger partial charge in [-0.05, 0) is 37.2 Å². The first kappa shape index (κ1) is 21.3. The maximum absolute atomic E-state index is 13.5. The van der Waals surface area contributed by atoms with Crippen molar-refractivity contribution in [3.63, 3.8) is 0 Å². The molecule has 0 saturated carbocycles. The van der Waals surface area contributed by atoms with Gasteiger partial charge in [-0.2, -0.15) is 17.0 Å². The van der Waals surface area contributed by atoms with Crippen LogP contribution in [0.5, 0.6) is 0 Å². The molecule has 7 heteroatoms. The summed E-state index contributed by atoms with van der Waals surface area (Å²) in [5.41, 5.74) is 0.756. The van der Waals surface area contributed by atoms with Gasteiger partial charge in [-0.3, -0.25) is 4.79 Å². The third kappa shape index (κ3) is 4.26. The van der Waals surface area contributed by atoms with E-state index in [9.17, 15) is 13.2 Å². The average molecular weight is 408 g/mol. The standard InChI is InChI=1S/C21H33N3O3S/c1-21(19-11-15-24(16-12-19)28(26,27)22(2)3)13-7-8-14-23(20(21)25)17-18-9-5-4-6-10-18/h4-6,9-10,19H,7-8,11-17H2,1-3H3/t21-/m1/s1. The molecule has 0 N–H and O–H groups in total.